The lowest BCUT2D eigenvalue weighted by atomic mass is 9.86. The molecule has 4 unspecified atom stereocenters. The van der Waals surface area contributed by atoms with Crippen LogP contribution in [0.2, 0.25) is 0 Å². The third-order valence-electron chi connectivity index (χ3n) is 22.7. The minimum absolute atomic E-state index is 0. The van der Waals surface area contributed by atoms with Gasteiger partial charge in [0.15, 0.2) is 24.2 Å². The molecule has 6 N–H and O–H groups in total. The fraction of sp³-hybridized carbons (Fsp3) is 0.314. The van der Waals surface area contributed by atoms with Crippen LogP contribution in [-0.2, 0) is 90.1 Å². The van der Waals surface area contributed by atoms with Gasteiger partial charge in [0.2, 0.25) is 23.6 Å². The molecule has 4 aliphatic heterocycles. The van der Waals surface area contributed by atoms with E-state index in [2.05, 4.69) is 31.9 Å². The third-order valence-corrected chi connectivity index (χ3v) is 22.7. The molecule has 5 aliphatic rings. The summed E-state index contributed by atoms with van der Waals surface area (Å²) in [4.78, 5) is 167. The molecule has 129 heavy (non-hydrogen) atoms. The van der Waals surface area contributed by atoms with Gasteiger partial charge in [-0.3, -0.25) is 62.4 Å². The van der Waals surface area contributed by atoms with E-state index in [0.717, 1.165) is 75.8 Å². The van der Waals surface area contributed by atoms with Crippen molar-refractivity contribution in [3.05, 3.63) is 347 Å². The van der Waals surface area contributed by atoms with E-state index in [1.165, 1.54) is 43.8 Å². The molecule has 12 amide bonds. The second-order valence-corrected chi connectivity index (χ2v) is 31.5. The molecule has 0 bridgehead atoms. The van der Waals surface area contributed by atoms with Crippen LogP contribution < -0.4 is 36.8 Å². The highest BCUT2D eigenvalue weighted by molar-refractivity contribution is 6.22. The second-order valence-electron chi connectivity index (χ2n) is 31.5. The number of nitrogens with zero attached hydrogens (tertiary/aromatic N) is 6. The van der Waals surface area contributed by atoms with E-state index in [1.807, 2.05) is 280 Å². The van der Waals surface area contributed by atoms with E-state index in [1.54, 1.807) is 36.2 Å². The Hall–Kier alpha value is -14.2. The maximum Gasteiger partial charge on any atom is 0.257 e. The summed E-state index contributed by atoms with van der Waals surface area (Å²) >= 11 is 0. The smallest absolute Gasteiger partial charge is 0.257 e. The van der Waals surface area contributed by atoms with Gasteiger partial charge in [-0.05, 0) is 87.4 Å². The average Bonchev–Trinajstić information content (AvgIpc) is 0.771. The maximum absolute atomic E-state index is 14.3. The number of unbranched alkanes of at least 4 members (excludes halogenated alkanes) is 1. The molecular weight excluding hydrogens is 1620 g/mol. The minimum atomic E-state index is -1.26. The Bertz CT molecular complexity index is 5180. The highest BCUT2D eigenvalue weighted by atomic mass is 16.2. The van der Waals surface area contributed by atoms with Crippen LogP contribution in [0.1, 0.15) is 150 Å². The van der Waals surface area contributed by atoms with E-state index in [0.29, 0.717) is 76.1 Å². The van der Waals surface area contributed by atoms with Crippen LogP contribution >= 0.6 is 0 Å². The summed E-state index contributed by atoms with van der Waals surface area (Å²) in [5.41, 5.74) is 8.94. The van der Waals surface area contributed by atoms with Crippen molar-refractivity contribution in [3.63, 3.8) is 0 Å². The number of anilines is 2. The fourth-order valence-corrected chi connectivity index (χ4v) is 16.1. The summed E-state index contributed by atoms with van der Waals surface area (Å²) in [7, 11) is 1.66. The van der Waals surface area contributed by atoms with Crippen molar-refractivity contribution in [1.82, 2.24) is 51.1 Å². The van der Waals surface area contributed by atoms with Crippen molar-refractivity contribution >= 4 is 82.3 Å². The normalized spacial score (nSPS) is 16.3. The summed E-state index contributed by atoms with van der Waals surface area (Å²) in [5.74, 6) is -5.20. The maximum atomic E-state index is 14.3. The van der Waals surface area contributed by atoms with E-state index in [-0.39, 0.29) is 97.1 Å². The zero-order valence-corrected chi connectivity index (χ0v) is 70.6. The molecule has 0 radical (unpaired) electrons. The summed E-state index contributed by atoms with van der Waals surface area (Å²) in [5, 5.41) is 16.8. The Labute approximate surface area is 759 Å². The number of piperazine rings is 3. The summed E-state index contributed by atoms with van der Waals surface area (Å²) in [6.45, 7) is 5.84. The molecule has 10 aromatic rings. The Kier molecular flexibility index (Phi) is 39.5. The lowest BCUT2D eigenvalue weighted by molar-refractivity contribution is -0.157. The van der Waals surface area contributed by atoms with Gasteiger partial charge >= 0.3 is 0 Å². The Morgan fingerprint density at radius 2 is 0.760 bits per heavy atom. The molecule has 10 aromatic carbocycles. The first-order chi connectivity index (χ1) is 60.9. The first kappa shape index (κ1) is 100. The molecule has 676 valence electrons. The van der Waals surface area contributed by atoms with Crippen LogP contribution in [0.25, 0.3) is 0 Å². The van der Waals surface area contributed by atoms with E-state index < -0.39 is 65.5 Å². The third kappa shape index (κ3) is 27.2. The first-order valence-electron chi connectivity index (χ1n) is 42.9. The van der Waals surface area contributed by atoms with E-state index in [9.17, 15) is 57.5 Å². The number of hydrogen-bond acceptors (Lipinski definition) is 12. The van der Waals surface area contributed by atoms with Crippen LogP contribution in [0.4, 0.5) is 11.4 Å². The molecule has 15 rings (SSSR count). The number of carbonyl (C=O) groups is 12. The van der Waals surface area contributed by atoms with Crippen molar-refractivity contribution in [2.24, 2.45) is 5.92 Å². The summed E-state index contributed by atoms with van der Waals surface area (Å²) < 4.78 is 0. The van der Waals surface area contributed by atoms with Crippen molar-refractivity contribution < 1.29 is 57.5 Å². The van der Waals surface area contributed by atoms with Gasteiger partial charge in [0, 0.05) is 85.5 Å². The fourth-order valence-electron chi connectivity index (χ4n) is 16.1. The molecule has 0 spiro atoms. The van der Waals surface area contributed by atoms with Crippen molar-refractivity contribution in [3.8, 4) is 0 Å². The van der Waals surface area contributed by atoms with Crippen LogP contribution in [0.15, 0.2) is 297 Å². The van der Waals surface area contributed by atoms with Gasteiger partial charge in [0.25, 0.3) is 47.3 Å². The number of para-hydroxylation sites is 2. The predicted molar refractivity (Wildman–Crippen MR) is 506 cm³/mol. The largest absolute Gasteiger partial charge is 0.354 e. The lowest BCUT2D eigenvalue weighted by Crippen LogP contribution is -2.64. The lowest BCUT2D eigenvalue weighted by Gasteiger charge is -2.41. The summed E-state index contributed by atoms with van der Waals surface area (Å²) in [6, 6.07) is 87.8. The number of rotatable bonds is 25. The summed E-state index contributed by atoms with van der Waals surface area (Å²) in [6.07, 6.45) is 8.00. The number of carbonyl (C=O) groups excluding carboxylic acids is 12. The van der Waals surface area contributed by atoms with E-state index >= 15 is 0 Å². The van der Waals surface area contributed by atoms with Crippen LogP contribution in [-0.4, -0.2) is 172 Å². The molecule has 0 aromatic heterocycles. The molecule has 1 aliphatic carbocycles. The van der Waals surface area contributed by atoms with Crippen LogP contribution in [0.5, 0.6) is 0 Å². The van der Waals surface area contributed by atoms with Crippen molar-refractivity contribution in [2.75, 3.05) is 63.1 Å². The molecule has 4 heterocycles. The van der Waals surface area contributed by atoms with Crippen LogP contribution in [0.3, 0.4) is 0 Å². The number of amides is 12. The number of likely N-dealkylation sites (N-methyl/N-ethyl adjacent to an activating group) is 1. The average molecular weight is 1750 g/mol. The molecule has 24 nitrogen and oxygen atoms in total. The van der Waals surface area contributed by atoms with Gasteiger partial charge in [-0.15, -0.1) is 0 Å². The molecule has 24 heteroatoms. The SMILES string of the molecule is C.C.C.C.CCCCNC(=O)C1C(=O)Nc2ccccc2N1C(=O)Cc1ccccc1.CN1CCN(C(=O)C(c2ccccc2)c2ccccc2)C(C(=O)NCc2ccccc2)C1=O.O=C(NCc1ccccc1)C1C(=O)N(Cc2ccccc2)CCN1C(=O)C(c1ccccc1)c1ccccc1.O=C1NCCN(C(=O)CC2CCCCC2)C1C(=O)NCc1ccccc1. The van der Waals surface area contributed by atoms with Crippen molar-refractivity contribution in [1.29, 1.82) is 0 Å². The molecular formula is C105H124N12O12. The zero-order valence-electron chi connectivity index (χ0n) is 70.6. The Balaban J connectivity index is 0.000000213. The van der Waals surface area contributed by atoms with E-state index in [4.69, 9.17) is 0 Å². The highest BCUT2D eigenvalue weighted by Gasteiger charge is 2.47. The van der Waals surface area contributed by atoms with Gasteiger partial charge in [-0.25, -0.2) is 0 Å². The highest BCUT2D eigenvalue weighted by Crippen LogP contribution is 2.35. The number of benzene rings is 10. The topological polar surface area (TPSA) is 296 Å². The Morgan fingerprint density at radius 3 is 1.20 bits per heavy atom. The quantitative estimate of drug-likeness (QED) is 0.0230. The van der Waals surface area contributed by atoms with Gasteiger partial charge in [-0.2, -0.15) is 0 Å². The van der Waals surface area contributed by atoms with Gasteiger partial charge < -0.3 is 56.4 Å². The molecule has 3 saturated heterocycles. The van der Waals surface area contributed by atoms with Gasteiger partial charge in [0.1, 0.15) is 0 Å². The second kappa shape index (κ2) is 50.8. The molecule has 4 atom stereocenters. The Morgan fingerprint density at radius 1 is 0.380 bits per heavy atom. The van der Waals surface area contributed by atoms with Gasteiger partial charge in [-0.1, -0.05) is 347 Å². The molecule has 1 saturated carbocycles. The first-order valence-corrected chi connectivity index (χ1v) is 42.9. The zero-order chi connectivity index (χ0) is 87.8. The monoisotopic (exact) mass is 1740 g/mol. The number of nitrogens with one attached hydrogen (secondary N) is 6. The minimum Gasteiger partial charge on any atom is -0.354 e. The number of fused-ring (bicyclic) bond motifs is 1. The van der Waals surface area contributed by atoms with Crippen molar-refractivity contribution in [2.45, 2.75) is 157 Å². The van der Waals surface area contributed by atoms with Gasteiger partial charge in [0.05, 0.1) is 29.6 Å². The van der Waals surface area contributed by atoms with Crippen LogP contribution in [0, 0.1) is 5.92 Å². The standard InChI is InChI=1S/C33H31N3O3.C27H27N3O3.C21H23N3O3.C20H27N3O3.4CH4/c37-31(34-23-25-13-5-1-6-14-25)30-33(39)35(24-26-15-7-2-8-16-26)21-22-36(30)32(38)29(27-17-9-3-10-18-27)28-19-11-4-12-20-28;1-29-17-18-30(24(27(29)33)25(31)28-19-20-11-5-2-6-12-20)26(32)23(21-13-7-3-8-14-21)22-15-9-4-10-16-22;1-2-3-13-22-20(26)19-21(27)23-16-11-7-8-12-17(16)24(19)18(25)14-15-9-5-4-6-10-15;24-17(13-15-7-3-1-4-8-15)23-12-11-21-19(25)18(23)20(26)22-14-16-9-5-2-6-10-16;;;;/h1-20,29-30H,21-24H2,(H,34,37);2-16,23-24H,17-19H2,1H3,(H,28,31);4-12,19H,2-3,13-14H2,1H3,(H,22,26)(H,23,27);2,5-6,9-10,15,18H,1,3-4,7-8,11-14H2,(H,21,25)(H,22,26);4*1H4. The predicted octanol–water partition coefficient (Wildman–Crippen LogP) is 13.8. The number of hydrogen-bond donors (Lipinski definition) is 6. The molecule has 4 fully saturated rings.